The largest absolute Gasteiger partial charge is 0.496 e. The molecule has 0 bridgehead atoms. The number of ether oxygens (including phenoxy) is 1. The van der Waals surface area contributed by atoms with Crippen LogP contribution in [-0.2, 0) is 11.2 Å². The molecule has 1 unspecified atom stereocenters. The van der Waals surface area contributed by atoms with Crippen LogP contribution in [0.5, 0.6) is 5.75 Å². The van der Waals surface area contributed by atoms with Gasteiger partial charge in [0.2, 0.25) is 5.91 Å². The molecule has 19 heavy (non-hydrogen) atoms. The van der Waals surface area contributed by atoms with Crippen LogP contribution in [0.25, 0.3) is 0 Å². The van der Waals surface area contributed by atoms with E-state index in [4.69, 9.17) is 11.2 Å². The van der Waals surface area contributed by atoms with E-state index in [1.807, 2.05) is 23.1 Å². The molecule has 3 nitrogen and oxygen atoms in total. The molecular weight excluding hydrogens is 306 g/mol. The Hall–Kier alpha value is -1.47. The number of nitrogens with zero attached hydrogens (tertiary/aromatic N) is 1. The second-order valence-corrected chi connectivity index (χ2v) is 5.48. The first kappa shape index (κ1) is 14.0. The highest BCUT2D eigenvalue weighted by Gasteiger charge is 2.27. The Morgan fingerprint density at radius 3 is 2.95 bits per heavy atom. The SMILES string of the molecule is C#CC1CC(=O)N(CCc2ccc(OC)c(Br)c2)C1. The number of terminal acetylenes is 1. The summed E-state index contributed by atoms with van der Waals surface area (Å²) >= 11 is 3.46. The van der Waals surface area contributed by atoms with Crippen molar-refractivity contribution in [1.29, 1.82) is 0 Å². The van der Waals surface area contributed by atoms with E-state index in [1.54, 1.807) is 7.11 Å². The van der Waals surface area contributed by atoms with Crippen molar-refractivity contribution in [3.8, 4) is 18.1 Å². The number of hydrogen-bond donors (Lipinski definition) is 0. The number of carbonyl (C=O) groups excluding carboxylic acids is 1. The molecule has 1 aromatic carbocycles. The van der Waals surface area contributed by atoms with Gasteiger partial charge >= 0.3 is 0 Å². The Morgan fingerprint density at radius 2 is 2.37 bits per heavy atom. The summed E-state index contributed by atoms with van der Waals surface area (Å²) in [6, 6.07) is 5.97. The minimum atomic E-state index is 0.0788. The quantitative estimate of drug-likeness (QED) is 0.797. The molecule has 0 radical (unpaired) electrons. The van der Waals surface area contributed by atoms with Crippen molar-refractivity contribution in [3.05, 3.63) is 28.2 Å². The molecule has 0 aromatic heterocycles. The molecule has 1 aliphatic heterocycles. The van der Waals surface area contributed by atoms with Gasteiger partial charge in [0.05, 0.1) is 11.6 Å². The highest BCUT2D eigenvalue weighted by Crippen LogP contribution is 2.26. The number of hydrogen-bond acceptors (Lipinski definition) is 2. The van der Waals surface area contributed by atoms with Crippen LogP contribution < -0.4 is 4.74 Å². The lowest BCUT2D eigenvalue weighted by Gasteiger charge is -2.16. The Balaban J connectivity index is 1.94. The second kappa shape index (κ2) is 6.12. The molecule has 1 atom stereocenters. The van der Waals surface area contributed by atoms with E-state index in [1.165, 1.54) is 5.56 Å². The molecule has 1 amide bonds. The highest BCUT2D eigenvalue weighted by molar-refractivity contribution is 9.10. The molecule has 0 saturated carbocycles. The molecule has 1 heterocycles. The minimum Gasteiger partial charge on any atom is -0.496 e. The van der Waals surface area contributed by atoms with Crippen LogP contribution in [0.2, 0.25) is 0 Å². The van der Waals surface area contributed by atoms with Crippen molar-refractivity contribution in [2.45, 2.75) is 12.8 Å². The Kier molecular flexibility index (Phi) is 4.49. The van der Waals surface area contributed by atoms with Crippen molar-refractivity contribution in [3.63, 3.8) is 0 Å². The lowest BCUT2D eigenvalue weighted by atomic mass is 10.1. The third kappa shape index (κ3) is 3.30. The van der Waals surface area contributed by atoms with E-state index in [9.17, 15) is 4.79 Å². The van der Waals surface area contributed by atoms with E-state index in [2.05, 4.69) is 21.9 Å². The lowest BCUT2D eigenvalue weighted by Crippen LogP contribution is -2.27. The van der Waals surface area contributed by atoms with Gasteiger partial charge in [-0.3, -0.25) is 4.79 Å². The van der Waals surface area contributed by atoms with E-state index < -0.39 is 0 Å². The first-order chi connectivity index (χ1) is 9.13. The predicted octanol–water partition coefficient (Wildman–Crippen LogP) is 2.48. The molecule has 0 aliphatic carbocycles. The van der Waals surface area contributed by atoms with Crippen LogP contribution in [0, 0.1) is 18.3 Å². The number of likely N-dealkylation sites (tertiary alicyclic amines) is 1. The maximum atomic E-state index is 11.7. The zero-order valence-electron chi connectivity index (χ0n) is 10.9. The average Bonchev–Trinajstić information content (AvgIpc) is 2.77. The number of benzene rings is 1. The Morgan fingerprint density at radius 1 is 1.58 bits per heavy atom. The van der Waals surface area contributed by atoms with Gasteiger partial charge in [-0.1, -0.05) is 6.07 Å². The smallest absolute Gasteiger partial charge is 0.223 e. The topological polar surface area (TPSA) is 29.5 Å². The molecule has 1 fully saturated rings. The fraction of sp³-hybridized carbons (Fsp3) is 0.400. The zero-order valence-corrected chi connectivity index (χ0v) is 12.4. The standard InChI is InChI=1S/C15H16BrNO2/c1-3-11-9-15(18)17(10-11)7-6-12-4-5-14(19-2)13(16)8-12/h1,4-5,8,11H,6-7,9-10H2,2H3. The minimum absolute atomic E-state index is 0.0788. The summed E-state index contributed by atoms with van der Waals surface area (Å²) in [6.07, 6.45) is 6.68. The Bertz CT molecular complexity index is 521. The van der Waals surface area contributed by atoms with E-state index in [0.29, 0.717) is 13.0 Å². The summed E-state index contributed by atoms with van der Waals surface area (Å²) in [5, 5.41) is 0. The molecule has 2 rings (SSSR count). The third-order valence-electron chi connectivity index (χ3n) is 3.34. The van der Waals surface area contributed by atoms with Crippen LogP contribution in [-0.4, -0.2) is 31.0 Å². The van der Waals surface area contributed by atoms with E-state index in [-0.39, 0.29) is 11.8 Å². The number of amides is 1. The molecule has 100 valence electrons. The summed E-state index contributed by atoms with van der Waals surface area (Å²) < 4.78 is 6.12. The summed E-state index contributed by atoms with van der Waals surface area (Å²) in [7, 11) is 1.64. The number of rotatable bonds is 4. The summed E-state index contributed by atoms with van der Waals surface area (Å²) in [4.78, 5) is 13.6. The van der Waals surface area contributed by atoms with Crippen molar-refractivity contribution in [2.75, 3.05) is 20.2 Å². The van der Waals surface area contributed by atoms with Gasteiger partial charge in [-0.05, 0) is 40.0 Å². The van der Waals surface area contributed by atoms with Gasteiger partial charge in [-0.25, -0.2) is 0 Å². The van der Waals surface area contributed by atoms with Crippen molar-refractivity contribution in [1.82, 2.24) is 4.90 Å². The van der Waals surface area contributed by atoms with E-state index in [0.717, 1.165) is 23.2 Å². The predicted molar refractivity (Wildman–Crippen MR) is 77.9 cm³/mol. The van der Waals surface area contributed by atoms with Gasteiger partial charge in [-0.15, -0.1) is 12.3 Å². The lowest BCUT2D eigenvalue weighted by molar-refractivity contribution is -0.127. The monoisotopic (exact) mass is 321 g/mol. The third-order valence-corrected chi connectivity index (χ3v) is 3.96. The molecular formula is C15H16BrNO2. The number of carbonyl (C=O) groups is 1. The Labute approximate surface area is 122 Å². The average molecular weight is 322 g/mol. The maximum absolute atomic E-state index is 11.7. The molecule has 1 aromatic rings. The molecule has 1 saturated heterocycles. The van der Waals surface area contributed by atoms with Crippen LogP contribution in [0.1, 0.15) is 12.0 Å². The fourth-order valence-electron chi connectivity index (χ4n) is 2.23. The second-order valence-electron chi connectivity index (χ2n) is 4.63. The van der Waals surface area contributed by atoms with Gasteiger partial charge in [-0.2, -0.15) is 0 Å². The number of methoxy groups -OCH3 is 1. The van der Waals surface area contributed by atoms with Gasteiger partial charge in [0.25, 0.3) is 0 Å². The summed E-state index contributed by atoms with van der Waals surface area (Å²) in [5.74, 6) is 3.71. The molecule has 4 heteroatoms. The van der Waals surface area contributed by atoms with Gasteiger partial charge in [0.1, 0.15) is 5.75 Å². The molecule has 0 spiro atoms. The summed E-state index contributed by atoms with van der Waals surface area (Å²) in [6.45, 7) is 1.41. The highest BCUT2D eigenvalue weighted by atomic mass is 79.9. The number of halogens is 1. The van der Waals surface area contributed by atoms with Crippen molar-refractivity contribution < 1.29 is 9.53 Å². The molecule has 0 N–H and O–H groups in total. The van der Waals surface area contributed by atoms with Gasteiger partial charge < -0.3 is 9.64 Å². The first-order valence-corrected chi connectivity index (χ1v) is 6.99. The zero-order chi connectivity index (χ0) is 13.8. The maximum Gasteiger partial charge on any atom is 0.223 e. The summed E-state index contributed by atoms with van der Waals surface area (Å²) in [5.41, 5.74) is 1.17. The van der Waals surface area contributed by atoms with Crippen LogP contribution in [0.4, 0.5) is 0 Å². The first-order valence-electron chi connectivity index (χ1n) is 6.20. The van der Waals surface area contributed by atoms with Crippen molar-refractivity contribution >= 4 is 21.8 Å². The van der Waals surface area contributed by atoms with Crippen LogP contribution in [0.15, 0.2) is 22.7 Å². The van der Waals surface area contributed by atoms with Gasteiger partial charge in [0.15, 0.2) is 0 Å². The molecule has 1 aliphatic rings. The normalized spacial score (nSPS) is 18.5. The van der Waals surface area contributed by atoms with Crippen LogP contribution in [0.3, 0.4) is 0 Å². The van der Waals surface area contributed by atoms with E-state index >= 15 is 0 Å². The van der Waals surface area contributed by atoms with Gasteiger partial charge in [0, 0.05) is 25.4 Å². The van der Waals surface area contributed by atoms with Crippen LogP contribution >= 0.6 is 15.9 Å². The van der Waals surface area contributed by atoms with Crippen molar-refractivity contribution in [2.24, 2.45) is 5.92 Å². The fourth-order valence-corrected chi connectivity index (χ4v) is 2.82.